The van der Waals surface area contributed by atoms with Crippen LogP contribution < -0.4 is 0 Å². The molecule has 0 amide bonds. The Morgan fingerprint density at radius 3 is 2.43 bits per heavy atom. The highest BCUT2D eigenvalue weighted by Crippen LogP contribution is 2.27. The molecule has 21 heavy (non-hydrogen) atoms. The van der Waals surface area contributed by atoms with Crippen molar-refractivity contribution in [1.82, 2.24) is 4.98 Å². The number of aromatic nitrogens is 1. The number of nitrogens with zero attached hydrogens (tertiary/aromatic N) is 1. The molecule has 0 unspecified atom stereocenters. The van der Waals surface area contributed by atoms with Crippen LogP contribution in [0.4, 0.5) is 8.78 Å². The van der Waals surface area contributed by atoms with Crippen LogP contribution in [-0.2, 0) is 0 Å². The molecular formula is C18H13F2N. The number of hydrogen-bond acceptors (Lipinski definition) is 1. The molecule has 2 aromatic carbocycles. The highest BCUT2D eigenvalue weighted by molar-refractivity contribution is 5.71. The van der Waals surface area contributed by atoms with Crippen molar-refractivity contribution >= 4 is 0 Å². The van der Waals surface area contributed by atoms with Gasteiger partial charge in [-0.15, -0.1) is 0 Å². The van der Waals surface area contributed by atoms with Crippen molar-refractivity contribution in [2.75, 3.05) is 0 Å². The summed E-state index contributed by atoms with van der Waals surface area (Å²) in [5, 5.41) is 0. The lowest BCUT2D eigenvalue weighted by molar-refractivity contribution is 0.603. The molecule has 0 aliphatic heterocycles. The molecule has 0 spiro atoms. The van der Waals surface area contributed by atoms with Gasteiger partial charge in [-0.3, -0.25) is 4.98 Å². The molecular weight excluding hydrogens is 268 g/mol. The van der Waals surface area contributed by atoms with E-state index < -0.39 is 11.6 Å². The van der Waals surface area contributed by atoms with Gasteiger partial charge in [0.1, 0.15) is 11.6 Å². The monoisotopic (exact) mass is 281 g/mol. The quantitative estimate of drug-likeness (QED) is 0.644. The maximum Gasteiger partial charge on any atom is 0.131 e. The highest BCUT2D eigenvalue weighted by atomic mass is 19.1. The second kappa shape index (κ2) is 5.44. The van der Waals surface area contributed by atoms with E-state index in [2.05, 4.69) is 4.98 Å². The summed E-state index contributed by atoms with van der Waals surface area (Å²) in [7, 11) is 0. The Kier molecular flexibility index (Phi) is 3.48. The molecule has 0 bridgehead atoms. The van der Waals surface area contributed by atoms with Crippen LogP contribution in [0.5, 0.6) is 0 Å². The van der Waals surface area contributed by atoms with Gasteiger partial charge in [0.15, 0.2) is 0 Å². The molecule has 0 aliphatic carbocycles. The van der Waals surface area contributed by atoms with Crippen LogP contribution in [0.2, 0.25) is 0 Å². The summed E-state index contributed by atoms with van der Waals surface area (Å²) >= 11 is 0. The van der Waals surface area contributed by atoms with E-state index >= 15 is 0 Å². The molecule has 3 aromatic rings. The smallest absolute Gasteiger partial charge is 0.131 e. The third-order valence-electron chi connectivity index (χ3n) is 3.31. The summed E-state index contributed by atoms with van der Waals surface area (Å²) in [6.07, 6.45) is 1.78. The Balaban J connectivity index is 2.08. The maximum atomic E-state index is 13.9. The van der Waals surface area contributed by atoms with E-state index in [0.29, 0.717) is 5.56 Å². The van der Waals surface area contributed by atoms with E-state index in [0.717, 1.165) is 29.0 Å². The van der Waals surface area contributed by atoms with Gasteiger partial charge in [-0.1, -0.05) is 24.3 Å². The Hall–Kier alpha value is -2.55. The zero-order valence-electron chi connectivity index (χ0n) is 11.5. The number of pyridine rings is 1. The SMILES string of the molecule is Cc1ccc(-c2cccc(-c3cc(F)ccc3F)c2)nc1. The number of aryl methyl sites for hydroxylation is 1. The van der Waals surface area contributed by atoms with Gasteiger partial charge in [0.05, 0.1) is 5.69 Å². The summed E-state index contributed by atoms with van der Waals surface area (Å²) in [6, 6.07) is 14.6. The van der Waals surface area contributed by atoms with E-state index in [1.54, 1.807) is 12.3 Å². The van der Waals surface area contributed by atoms with Gasteiger partial charge in [-0.05, 0) is 48.4 Å². The van der Waals surface area contributed by atoms with Crippen molar-refractivity contribution < 1.29 is 8.78 Å². The average Bonchev–Trinajstić information content (AvgIpc) is 2.50. The molecule has 1 heterocycles. The summed E-state index contributed by atoms with van der Waals surface area (Å²) in [6.45, 7) is 1.97. The second-order valence-electron chi connectivity index (χ2n) is 4.93. The molecule has 104 valence electrons. The zero-order chi connectivity index (χ0) is 14.8. The van der Waals surface area contributed by atoms with E-state index in [4.69, 9.17) is 0 Å². The lowest BCUT2D eigenvalue weighted by Gasteiger charge is -2.07. The van der Waals surface area contributed by atoms with Crippen LogP contribution in [-0.4, -0.2) is 4.98 Å². The van der Waals surface area contributed by atoms with Crippen molar-refractivity contribution in [3.05, 3.63) is 78.0 Å². The number of rotatable bonds is 2. The zero-order valence-corrected chi connectivity index (χ0v) is 11.5. The Morgan fingerprint density at radius 2 is 1.67 bits per heavy atom. The molecule has 1 aromatic heterocycles. The number of benzene rings is 2. The lowest BCUT2D eigenvalue weighted by atomic mass is 10.0. The summed E-state index contributed by atoms with van der Waals surface area (Å²) in [5.74, 6) is -0.893. The fraction of sp³-hybridized carbons (Fsp3) is 0.0556. The molecule has 0 fully saturated rings. The Morgan fingerprint density at radius 1 is 0.857 bits per heavy atom. The topological polar surface area (TPSA) is 12.9 Å². The molecule has 3 rings (SSSR count). The molecule has 0 aliphatic rings. The van der Waals surface area contributed by atoms with Gasteiger partial charge in [-0.25, -0.2) is 8.78 Å². The van der Waals surface area contributed by atoms with Gasteiger partial charge in [0.2, 0.25) is 0 Å². The van der Waals surface area contributed by atoms with Crippen molar-refractivity contribution in [1.29, 1.82) is 0 Å². The van der Waals surface area contributed by atoms with Gasteiger partial charge in [0.25, 0.3) is 0 Å². The Bertz CT molecular complexity index is 779. The fourth-order valence-electron chi connectivity index (χ4n) is 2.20. The molecule has 3 heteroatoms. The van der Waals surface area contributed by atoms with Gasteiger partial charge >= 0.3 is 0 Å². The Labute approximate surface area is 121 Å². The van der Waals surface area contributed by atoms with Crippen molar-refractivity contribution in [3.8, 4) is 22.4 Å². The number of hydrogen-bond donors (Lipinski definition) is 0. The highest BCUT2D eigenvalue weighted by Gasteiger charge is 2.08. The van der Waals surface area contributed by atoms with Crippen molar-refractivity contribution in [2.45, 2.75) is 6.92 Å². The third kappa shape index (κ3) is 2.82. The fourth-order valence-corrected chi connectivity index (χ4v) is 2.20. The molecule has 0 atom stereocenters. The molecule has 0 saturated carbocycles. The van der Waals surface area contributed by atoms with Crippen LogP contribution in [0.3, 0.4) is 0 Å². The van der Waals surface area contributed by atoms with E-state index in [-0.39, 0.29) is 5.56 Å². The molecule has 0 saturated heterocycles. The predicted octanol–water partition coefficient (Wildman–Crippen LogP) is 5.00. The summed E-state index contributed by atoms with van der Waals surface area (Å²) in [4.78, 5) is 4.36. The second-order valence-corrected chi connectivity index (χ2v) is 4.93. The van der Waals surface area contributed by atoms with Crippen molar-refractivity contribution in [2.24, 2.45) is 0 Å². The lowest BCUT2D eigenvalue weighted by Crippen LogP contribution is -1.88. The summed E-state index contributed by atoms with van der Waals surface area (Å²) < 4.78 is 27.2. The predicted molar refractivity (Wildman–Crippen MR) is 79.8 cm³/mol. The average molecular weight is 281 g/mol. The standard InChI is InChI=1S/C18H13F2N/c1-12-5-8-18(21-11-12)14-4-2-3-13(9-14)16-10-15(19)6-7-17(16)20/h2-11H,1H3. The molecule has 0 radical (unpaired) electrons. The first-order valence-corrected chi connectivity index (χ1v) is 6.62. The van der Waals surface area contributed by atoms with Crippen LogP contribution in [0.25, 0.3) is 22.4 Å². The molecule has 1 nitrogen and oxygen atoms in total. The minimum atomic E-state index is -0.453. The normalized spacial score (nSPS) is 10.6. The van der Waals surface area contributed by atoms with Gasteiger partial charge < -0.3 is 0 Å². The molecule has 0 N–H and O–H groups in total. The first-order valence-electron chi connectivity index (χ1n) is 6.62. The van der Waals surface area contributed by atoms with E-state index in [9.17, 15) is 8.78 Å². The van der Waals surface area contributed by atoms with Crippen LogP contribution in [0.15, 0.2) is 60.8 Å². The number of halogens is 2. The first-order chi connectivity index (χ1) is 10.1. The maximum absolute atomic E-state index is 13.9. The third-order valence-corrected chi connectivity index (χ3v) is 3.31. The van der Waals surface area contributed by atoms with Crippen LogP contribution in [0.1, 0.15) is 5.56 Å². The minimum Gasteiger partial charge on any atom is -0.256 e. The first kappa shape index (κ1) is 13.4. The van der Waals surface area contributed by atoms with Crippen LogP contribution >= 0.6 is 0 Å². The van der Waals surface area contributed by atoms with Crippen LogP contribution in [0, 0.1) is 18.6 Å². The minimum absolute atomic E-state index is 0.254. The van der Waals surface area contributed by atoms with Crippen molar-refractivity contribution in [3.63, 3.8) is 0 Å². The summed E-state index contributed by atoms with van der Waals surface area (Å²) in [5.41, 5.74) is 3.64. The van der Waals surface area contributed by atoms with Gasteiger partial charge in [0, 0.05) is 17.3 Å². The largest absolute Gasteiger partial charge is 0.256 e. The van der Waals surface area contributed by atoms with E-state index in [1.807, 2.05) is 37.3 Å². The van der Waals surface area contributed by atoms with Gasteiger partial charge in [-0.2, -0.15) is 0 Å². The van der Waals surface area contributed by atoms with E-state index in [1.165, 1.54) is 6.07 Å².